The summed E-state index contributed by atoms with van der Waals surface area (Å²) >= 11 is 1.42. The van der Waals surface area contributed by atoms with Crippen molar-refractivity contribution >= 4 is 17.3 Å². The Kier molecular flexibility index (Phi) is 2.47. The number of aryl methyl sites for hydroxylation is 1. The van der Waals surface area contributed by atoms with Crippen molar-refractivity contribution in [2.45, 2.75) is 6.92 Å². The third kappa shape index (κ3) is 1.73. The van der Waals surface area contributed by atoms with Crippen molar-refractivity contribution in [3.63, 3.8) is 0 Å². The number of aromatic nitrogens is 2. The molecule has 2 aromatic heterocycles. The fourth-order valence-corrected chi connectivity index (χ4v) is 2.15. The van der Waals surface area contributed by atoms with Crippen molar-refractivity contribution in [2.75, 3.05) is 0 Å². The Labute approximate surface area is 90.3 Å². The second-order valence-corrected chi connectivity index (χ2v) is 3.85. The first-order valence-electron chi connectivity index (χ1n) is 4.28. The number of carboxylic acid groups (broad SMARTS) is 1. The minimum Gasteiger partial charge on any atom is -0.478 e. The molecule has 0 atom stereocenters. The van der Waals surface area contributed by atoms with Crippen molar-refractivity contribution < 1.29 is 9.90 Å². The zero-order valence-electron chi connectivity index (χ0n) is 7.97. The fourth-order valence-electron chi connectivity index (χ4n) is 1.32. The highest BCUT2D eigenvalue weighted by atomic mass is 32.1. The Bertz CT molecular complexity index is 508. The summed E-state index contributed by atoms with van der Waals surface area (Å²) in [6.07, 6.45) is 3.04. The molecule has 0 saturated carbocycles. The molecule has 1 N–H and O–H groups in total. The van der Waals surface area contributed by atoms with Crippen molar-refractivity contribution in [3.8, 4) is 10.4 Å². The van der Waals surface area contributed by atoms with Crippen molar-refractivity contribution in [1.29, 1.82) is 0 Å². The van der Waals surface area contributed by atoms with Crippen LogP contribution in [0.4, 0.5) is 0 Å². The lowest BCUT2D eigenvalue weighted by atomic mass is 10.1. The van der Waals surface area contributed by atoms with Gasteiger partial charge in [-0.15, -0.1) is 11.3 Å². The van der Waals surface area contributed by atoms with Gasteiger partial charge in [0, 0.05) is 18.0 Å². The van der Waals surface area contributed by atoms with E-state index in [-0.39, 0.29) is 5.56 Å². The summed E-state index contributed by atoms with van der Waals surface area (Å²) in [5.41, 5.74) is 3.42. The molecule has 5 heteroatoms. The van der Waals surface area contributed by atoms with Crippen LogP contribution in [0.2, 0.25) is 0 Å². The van der Waals surface area contributed by atoms with Crippen LogP contribution in [-0.4, -0.2) is 21.0 Å². The lowest BCUT2D eigenvalue weighted by Gasteiger charge is -2.02. The van der Waals surface area contributed by atoms with Crippen LogP contribution in [0.3, 0.4) is 0 Å². The third-order valence-corrected chi connectivity index (χ3v) is 3.00. The van der Waals surface area contributed by atoms with Gasteiger partial charge in [0.2, 0.25) is 0 Å². The summed E-state index contributed by atoms with van der Waals surface area (Å²) in [4.78, 5) is 19.9. The smallest absolute Gasteiger partial charge is 0.336 e. The van der Waals surface area contributed by atoms with E-state index in [0.29, 0.717) is 5.56 Å². The molecule has 0 aliphatic rings. The Morgan fingerprint density at radius 2 is 2.33 bits per heavy atom. The van der Waals surface area contributed by atoms with E-state index in [0.717, 1.165) is 10.6 Å². The van der Waals surface area contributed by atoms with E-state index < -0.39 is 5.97 Å². The van der Waals surface area contributed by atoms with Crippen LogP contribution < -0.4 is 0 Å². The highest BCUT2D eigenvalue weighted by Crippen LogP contribution is 2.29. The summed E-state index contributed by atoms with van der Waals surface area (Å²) in [5.74, 6) is -0.944. The van der Waals surface area contributed by atoms with E-state index in [1.807, 2.05) is 6.92 Å². The molecule has 4 nitrogen and oxygen atoms in total. The highest BCUT2D eigenvalue weighted by Gasteiger charge is 2.14. The van der Waals surface area contributed by atoms with Crippen molar-refractivity contribution in [1.82, 2.24) is 9.97 Å². The van der Waals surface area contributed by atoms with Crippen molar-refractivity contribution in [3.05, 3.63) is 35.2 Å². The molecular formula is C10H8N2O2S. The van der Waals surface area contributed by atoms with Crippen LogP contribution in [-0.2, 0) is 0 Å². The minimum absolute atomic E-state index is 0.261. The first-order chi connectivity index (χ1) is 7.20. The minimum atomic E-state index is -0.944. The SMILES string of the molecule is Cc1ncsc1-c1cnccc1C(=O)O. The zero-order valence-corrected chi connectivity index (χ0v) is 8.78. The molecule has 0 spiro atoms. The van der Waals surface area contributed by atoms with Crippen LogP contribution in [0.5, 0.6) is 0 Å². The molecule has 76 valence electrons. The van der Waals surface area contributed by atoms with Crippen LogP contribution >= 0.6 is 11.3 Å². The van der Waals surface area contributed by atoms with Crippen LogP contribution in [0.25, 0.3) is 10.4 Å². The monoisotopic (exact) mass is 220 g/mol. The second kappa shape index (κ2) is 3.78. The topological polar surface area (TPSA) is 63.1 Å². The highest BCUT2D eigenvalue weighted by molar-refractivity contribution is 7.13. The predicted molar refractivity (Wildman–Crippen MR) is 57.0 cm³/mol. The molecule has 0 aromatic carbocycles. The maximum absolute atomic E-state index is 11.0. The summed E-state index contributed by atoms with van der Waals surface area (Å²) in [5, 5.41) is 9.01. The lowest BCUT2D eigenvalue weighted by Crippen LogP contribution is -1.99. The maximum Gasteiger partial charge on any atom is 0.336 e. The molecule has 0 aliphatic carbocycles. The standard InChI is InChI=1S/C10H8N2O2S/c1-6-9(15-5-12-6)8-4-11-3-2-7(8)10(13)14/h2-5H,1H3,(H,13,14). The van der Waals surface area contributed by atoms with E-state index in [9.17, 15) is 4.79 Å². The van der Waals surface area contributed by atoms with Crippen LogP contribution in [0.1, 0.15) is 16.1 Å². The van der Waals surface area contributed by atoms with Gasteiger partial charge in [-0.3, -0.25) is 4.98 Å². The Hall–Kier alpha value is -1.75. The van der Waals surface area contributed by atoms with Gasteiger partial charge in [0.05, 0.1) is 21.6 Å². The van der Waals surface area contributed by atoms with Gasteiger partial charge < -0.3 is 5.11 Å². The van der Waals surface area contributed by atoms with Gasteiger partial charge >= 0.3 is 5.97 Å². The molecule has 2 aromatic rings. The summed E-state index contributed by atoms with van der Waals surface area (Å²) in [6.45, 7) is 1.85. The largest absolute Gasteiger partial charge is 0.478 e. The molecule has 2 heterocycles. The Balaban J connectivity index is 2.63. The quantitative estimate of drug-likeness (QED) is 0.842. The molecule has 15 heavy (non-hydrogen) atoms. The number of hydrogen-bond acceptors (Lipinski definition) is 4. The van der Waals surface area contributed by atoms with Crippen LogP contribution in [0, 0.1) is 6.92 Å². The van der Waals surface area contributed by atoms with Gasteiger partial charge in [-0.25, -0.2) is 9.78 Å². The van der Waals surface area contributed by atoms with Gasteiger partial charge in [-0.05, 0) is 13.0 Å². The van der Waals surface area contributed by atoms with Gasteiger partial charge in [0.15, 0.2) is 0 Å². The number of nitrogens with zero attached hydrogens (tertiary/aromatic N) is 2. The van der Waals surface area contributed by atoms with Crippen molar-refractivity contribution in [2.24, 2.45) is 0 Å². The Morgan fingerprint density at radius 1 is 1.53 bits per heavy atom. The van der Waals surface area contributed by atoms with Gasteiger partial charge in [0.25, 0.3) is 0 Å². The predicted octanol–water partition coefficient (Wildman–Crippen LogP) is 2.21. The summed E-state index contributed by atoms with van der Waals surface area (Å²) in [6, 6.07) is 1.50. The van der Waals surface area contributed by atoms with Gasteiger partial charge in [-0.1, -0.05) is 0 Å². The molecule has 0 bridgehead atoms. The molecule has 0 amide bonds. The van der Waals surface area contributed by atoms with Gasteiger partial charge in [-0.2, -0.15) is 0 Å². The van der Waals surface area contributed by atoms with Crippen LogP contribution in [0.15, 0.2) is 24.0 Å². The number of rotatable bonds is 2. The lowest BCUT2D eigenvalue weighted by molar-refractivity contribution is 0.0697. The first kappa shape index (κ1) is 9.79. The number of aromatic carboxylic acids is 1. The maximum atomic E-state index is 11.0. The third-order valence-electron chi connectivity index (χ3n) is 2.04. The molecular weight excluding hydrogens is 212 g/mol. The molecule has 0 saturated heterocycles. The van der Waals surface area contributed by atoms with E-state index in [1.165, 1.54) is 23.6 Å². The molecule has 2 rings (SSSR count). The summed E-state index contributed by atoms with van der Waals surface area (Å²) in [7, 11) is 0. The molecule has 0 radical (unpaired) electrons. The first-order valence-corrected chi connectivity index (χ1v) is 5.16. The van der Waals surface area contributed by atoms with E-state index in [4.69, 9.17) is 5.11 Å². The van der Waals surface area contributed by atoms with E-state index in [2.05, 4.69) is 9.97 Å². The summed E-state index contributed by atoms with van der Waals surface area (Å²) < 4.78 is 0. The Morgan fingerprint density at radius 3 is 2.93 bits per heavy atom. The normalized spacial score (nSPS) is 10.2. The number of pyridine rings is 1. The zero-order chi connectivity index (χ0) is 10.8. The fraction of sp³-hybridized carbons (Fsp3) is 0.100. The average molecular weight is 220 g/mol. The second-order valence-electron chi connectivity index (χ2n) is 2.99. The van der Waals surface area contributed by atoms with E-state index >= 15 is 0 Å². The molecule has 0 fully saturated rings. The number of carboxylic acids is 1. The van der Waals surface area contributed by atoms with Gasteiger partial charge in [0.1, 0.15) is 0 Å². The molecule has 0 unspecified atom stereocenters. The number of hydrogen-bond donors (Lipinski definition) is 1. The number of carbonyl (C=O) groups is 1. The molecule has 0 aliphatic heterocycles. The van der Waals surface area contributed by atoms with E-state index in [1.54, 1.807) is 11.7 Å². The number of thiazole rings is 1. The average Bonchev–Trinajstić information content (AvgIpc) is 2.64.